The standard InChI is InChI=1S/C14H25N3O2/c15-8-2-1-3-13(18)17-9-6-12(7-10-17)16-14(19)11-4-5-11/h11-12H,1-10,15H2,(H,16,19). The van der Waals surface area contributed by atoms with E-state index in [2.05, 4.69) is 5.32 Å². The summed E-state index contributed by atoms with van der Waals surface area (Å²) >= 11 is 0. The van der Waals surface area contributed by atoms with Crippen LogP contribution in [0.3, 0.4) is 0 Å². The van der Waals surface area contributed by atoms with E-state index in [1.807, 2.05) is 4.90 Å². The first-order valence-electron chi connectivity index (χ1n) is 7.49. The third kappa shape index (κ3) is 4.49. The lowest BCUT2D eigenvalue weighted by atomic mass is 10.0. The van der Waals surface area contributed by atoms with Crippen LogP contribution >= 0.6 is 0 Å². The second-order valence-corrected chi connectivity index (χ2v) is 5.68. The van der Waals surface area contributed by atoms with Crippen molar-refractivity contribution in [2.75, 3.05) is 19.6 Å². The minimum Gasteiger partial charge on any atom is -0.353 e. The maximum Gasteiger partial charge on any atom is 0.223 e. The molecule has 0 spiro atoms. The van der Waals surface area contributed by atoms with E-state index in [0.29, 0.717) is 13.0 Å². The van der Waals surface area contributed by atoms with E-state index >= 15 is 0 Å². The Bertz CT molecular complexity index is 321. The van der Waals surface area contributed by atoms with Crippen molar-refractivity contribution in [1.29, 1.82) is 0 Å². The maximum atomic E-state index is 11.9. The fraction of sp³-hybridized carbons (Fsp3) is 0.857. The lowest BCUT2D eigenvalue weighted by molar-refractivity contribution is -0.132. The van der Waals surface area contributed by atoms with Crippen molar-refractivity contribution in [3.8, 4) is 0 Å². The first-order valence-corrected chi connectivity index (χ1v) is 7.49. The highest BCUT2D eigenvalue weighted by Crippen LogP contribution is 2.29. The molecule has 0 aromatic carbocycles. The zero-order valence-corrected chi connectivity index (χ0v) is 11.6. The molecule has 2 amide bonds. The van der Waals surface area contributed by atoms with E-state index in [0.717, 1.165) is 51.6 Å². The summed E-state index contributed by atoms with van der Waals surface area (Å²) in [4.78, 5) is 25.5. The molecule has 5 heteroatoms. The van der Waals surface area contributed by atoms with Gasteiger partial charge in [-0.3, -0.25) is 9.59 Å². The lowest BCUT2D eigenvalue weighted by Gasteiger charge is -2.32. The lowest BCUT2D eigenvalue weighted by Crippen LogP contribution is -2.46. The van der Waals surface area contributed by atoms with Crippen LogP contribution in [0.15, 0.2) is 0 Å². The van der Waals surface area contributed by atoms with Gasteiger partial charge in [-0.05, 0) is 45.1 Å². The first kappa shape index (κ1) is 14.3. The number of hydrogen-bond donors (Lipinski definition) is 2. The number of nitrogens with zero attached hydrogens (tertiary/aromatic N) is 1. The van der Waals surface area contributed by atoms with Crippen molar-refractivity contribution >= 4 is 11.8 Å². The Hall–Kier alpha value is -1.10. The number of hydrogen-bond acceptors (Lipinski definition) is 3. The molecule has 2 fully saturated rings. The van der Waals surface area contributed by atoms with Gasteiger partial charge in [0.25, 0.3) is 0 Å². The predicted molar refractivity (Wildman–Crippen MR) is 73.4 cm³/mol. The number of unbranched alkanes of at least 4 members (excludes halogenated alkanes) is 1. The molecule has 108 valence electrons. The summed E-state index contributed by atoms with van der Waals surface area (Å²) in [5.41, 5.74) is 5.42. The normalized spacial score (nSPS) is 20.4. The summed E-state index contributed by atoms with van der Waals surface area (Å²) in [6, 6.07) is 0.265. The number of nitrogens with two attached hydrogens (primary N) is 1. The van der Waals surface area contributed by atoms with Crippen molar-refractivity contribution < 1.29 is 9.59 Å². The zero-order chi connectivity index (χ0) is 13.7. The second-order valence-electron chi connectivity index (χ2n) is 5.68. The molecule has 2 aliphatic rings. The van der Waals surface area contributed by atoms with Crippen molar-refractivity contribution in [3.63, 3.8) is 0 Å². The number of nitrogens with one attached hydrogen (secondary N) is 1. The van der Waals surface area contributed by atoms with Crippen LogP contribution in [0.2, 0.25) is 0 Å². The molecule has 0 unspecified atom stereocenters. The molecule has 0 atom stereocenters. The fourth-order valence-corrected chi connectivity index (χ4v) is 2.52. The SMILES string of the molecule is NCCCCC(=O)N1CCC(NC(=O)C2CC2)CC1. The van der Waals surface area contributed by atoms with Crippen LogP contribution in [-0.2, 0) is 9.59 Å². The van der Waals surface area contributed by atoms with Gasteiger partial charge in [0.15, 0.2) is 0 Å². The molecule has 0 aromatic heterocycles. The monoisotopic (exact) mass is 267 g/mol. The smallest absolute Gasteiger partial charge is 0.223 e. The average Bonchev–Trinajstić information content (AvgIpc) is 3.24. The van der Waals surface area contributed by atoms with Gasteiger partial charge in [0.2, 0.25) is 11.8 Å². The van der Waals surface area contributed by atoms with Crippen molar-refractivity contribution in [1.82, 2.24) is 10.2 Å². The van der Waals surface area contributed by atoms with Crippen LogP contribution in [-0.4, -0.2) is 42.4 Å². The van der Waals surface area contributed by atoms with Crippen molar-refractivity contribution in [2.24, 2.45) is 11.7 Å². The Balaban J connectivity index is 1.63. The van der Waals surface area contributed by atoms with Crippen LogP contribution in [0.5, 0.6) is 0 Å². The average molecular weight is 267 g/mol. The van der Waals surface area contributed by atoms with E-state index in [1.165, 1.54) is 0 Å². The summed E-state index contributed by atoms with van der Waals surface area (Å²) in [5.74, 6) is 0.726. The summed E-state index contributed by atoms with van der Waals surface area (Å²) in [6.45, 7) is 2.21. The van der Waals surface area contributed by atoms with Gasteiger partial charge < -0.3 is 16.0 Å². The van der Waals surface area contributed by atoms with Gasteiger partial charge in [0, 0.05) is 31.5 Å². The number of amides is 2. The number of carbonyl (C=O) groups is 2. The Morgan fingerprint density at radius 2 is 1.79 bits per heavy atom. The Morgan fingerprint density at radius 1 is 1.11 bits per heavy atom. The third-order valence-corrected chi connectivity index (χ3v) is 3.99. The number of carbonyl (C=O) groups excluding carboxylic acids is 2. The summed E-state index contributed by atoms with van der Waals surface area (Å²) in [7, 11) is 0. The number of likely N-dealkylation sites (tertiary alicyclic amines) is 1. The highest BCUT2D eigenvalue weighted by atomic mass is 16.2. The minimum atomic E-state index is 0.215. The zero-order valence-electron chi connectivity index (χ0n) is 11.6. The van der Waals surface area contributed by atoms with Crippen LogP contribution < -0.4 is 11.1 Å². The van der Waals surface area contributed by atoms with Crippen molar-refractivity contribution in [2.45, 2.75) is 51.0 Å². The quantitative estimate of drug-likeness (QED) is 0.693. The molecule has 1 saturated carbocycles. The van der Waals surface area contributed by atoms with Crippen LogP contribution in [0, 0.1) is 5.92 Å². The van der Waals surface area contributed by atoms with E-state index < -0.39 is 0 Å². The van der Waals surface area contributed by atoms with Gasteiger partial charge in [0.05, 0.1) is 0 Å². The third-order valence-electron chi connectivity index (χ3n) is 3.99. The molecule has 0 radical (unpaired) electrons. The topological polar surface area (TPSA) is 75.4 Å². The Labute approximate surface area is 114 Å². The second kappa shape index (κ2) is 6.89. The summed E-state index contributed by atoms with van der Waals surface area (Å²) < 4.78 is 0. The maximum absolute atomic E-state index is 11.9. The van der Waals surface area contributed by atoms with Crippen LogP contribution in [0.1, 0.15) is 44.9 Å². The molecule has 3 N–H and O–H groups in total. The van der Waals surface area contributed by atoms with Gasteiger partial charge in [0.1, 0.15) is 0 Å². The molecule has 1 aliphatic heterocycles. The van der Waals surface area contributed by atoms with E-state index in [1.54, 1.807) is 0 Å². The summed E-state index contributed by atoms with van der Waals surface area (Å²) in [6.07, 6.45) is 6.28. The molecule has 2 rings (SSSR count). The molecule has 1 saturated heterocycles. The Kier molecular flexibility index (Phi) is 5.19. The van der Waals surface area contributed by atoms with Crippen LogP contribution in [0.25, 0.3) is 0 Å². The fourth-order valence-electron chi connectivity index (χ4n) is 2.52. The highest BCUT2D eigenvalue weighted by Gasteiger charge is 2.32. The van der Waals surface area contributed by atoms with E-state index in [4.69, 9.17) is 5.73 Å². The van der Waals surface area contributed by atoms with Gasteiger partial charge in [-0.2, -0.15) is 0 Å². The summed E-state index contributed by atoms with van der Waals surface area (Å²) in [5, 5.41) is 3.10. The van der Waals surface area contributed by atoms with Crippen LogP contribution in [0.4, 0.5) is 0 Å². The first-order chi connectivity index (χ1) is 9.20. The van der Waals surface area contributed by atoms with Crippen molar-refractivity contribution in [3.05, 3.63) is 0 Å². The molecule has 1 aliphatic carbocycles. The minimum absolute atomic E-state index is 0.215. The van der Waals surface area contributed by atoms with Gasteiger partial charge in [-0.1, -0.05) is 0 Å². The largest absolute Gasteiger partial charge is 0.353 e. The van der Waals surface area contributed by atoms with Gasteiger partial charge >= 0.3 is 0 Å². The van der Waals surface area contributed by atoms with Gasteiger partial charge in [-0.15, -0.1) is 0 Å². The van der Waals surface area contributed by atoms with Gasteiger partial charge in [-0.25, -0.2) is 0 Å². The molecular weight excluding hydrogens is 242 g/mol. The van der Waals surface area contributed by atoms with E-state index in [-0.39, 0.29) is 23.8 Å². The molecule has 1 heterocycles. The van der Waals surface area contributed by atoms with E-state index in [9.17, 15) is 9.59 Å². The number of rotatable bonds is 6. The number of piperidine rings is 1. The highest BCUT2D eigenvalue weighted by molar-refractivity contribution is 5.81. The molecular formula is C14H25N3O2. The molecule has 19 heavy (non-hydrogen) atoms. The molecule has 0 bridgehead atoms. The Morgan fingerprint density at radius 3 is 2.37 bits per heavy atom. The molecule has 0 aromatic rings. The predicted octanol–water partition coefficient (Wildman–Crippen LogP) is 0.633. The molecule has 5 nitrogen and oxygen atoms in total.